The molecule has 30 heavy (non-hydrogen) atoms. The third kappa shape index (κ3) is 4.12. The van der Waals surface area contributed by atoms with Gasteiger partial charge >= 0.3 is 5.97 Å². The summed E-state index contributed by atoms with van der Waals surface area (Å²) in [5, 5.41) is 15.9. The highest BCUT2D eigenvalue weighted by Gasteiger charge is 2.37. The molecule has 2 aliphatic carbocycles. The van der Waals surface area contributed by atoms with E-state index in [9.17, 15) is 19.5 Å². The maximum Gasteiger partial charge on any atom is 0.307 e. The summed E-state index contributed by atoms with van der Waals surface area (Å²) in [7, 11) is 0. The van der Waals surface area contributed by atoms with Crippen LogP contribution in [0.5, 0.6) is 0 Å². The van der Waals surface area contributed by atoms with Gasteiger partial charge in [-0.05, 0) is 62.3 Å². The van der Waals surface area contributed by atoms with Crippen molar-refractivity contribution in [3.8, 4) is 0 Å². The lowest BCUT2D eigenvalue weighted by Crippen LogP contribution is -2.36. The van der Waals surface area contributed by atoms with E-state index >= 15 is 0 Å². The molecule has 2 aliphatic rings. The summed E-state index contributed by atoms with van der Waals surface area (Å²) in [5.74, 6) is -2.64. The number of thiophene rings is 1. The zero-order valence-electron chi connectivity index (χ0n) is 17.0. The Morgan fingerprint density at radius 3 is 2.53 bits per heavy atom. The predicted molar refractivity (Wildman–Crippen MR) is 117 cm³/mol. The number of carbonyl (C=O) groups is 3. The highest BCUT2D eigenvalue weighted by Crippen LogP contribution is 2.40. The zero-order valence-corrected chi connectivity index (χ0v) is 17.8. The number of carboxylic acids is 1. The molecule has 2 amide bonds. The minimum Gasteiger partial charge on any atom is -0.481 e. The molecule has 1 heterocycles. The summed E-state index contributed by atoms with van der Waals surface area (Å²) in [6, 6.07) is 7.60. The lowest BCUT2D eigenvalue weighted by molar-refractivity contribution is -0.147. The molecule has 1 aromatic heterocycles. The second kappa shape index (κ2) is 8.60. The molecule has 158 valence electrons. The van der Waals surface area contributed by atoms with Gasteiger partial charge < -0.3 is 15.7 Å². The number of carboxylic acid groups (broad SMARTS) is 1. The molecule has 6 nitrogen and oxygen atoms in total. The lowest BCUT2D eigenvalue weighted by atomic mass is 9.79. The van der Waals surface area contributed by atoms with Crippen LogP contribution >= 0.6 is 11.3 Å². The first-order valence-corrected chi connectivity index (χ1v) is 11.3. The number of hydrogen-bond donors (Lipinski definition) is 3. The first kappa shape index (κ1) is 20.6. The van der Waals surface area contributed by atoms with Crippen LogP contribution in [0.2, 0.25) is 0 Å². The molecule has 1 fully saturated rings. The summed E-state index contributed by atoms with van der Waals surface area (Å²) in [5.41, 5.74) is 3.31. The summed E-state index contributed by atoms with van der Waals surface area (Å²) in [4.78, 5) is 38.9. The average Bonchev–Trinajstić information content (AvgIpc) is 3.28. The fraction of sp³-hybridized carbons (Fsp3) is 0.435. The first-order chi connectivity index (χ1) is 14.4. The Bertz CT molecular complexity index is 997. The molecule has 4 rings (SSSR count). The van der Waals surface area contributed by atoms with Gasteiger partial charge in [0, 0.05) is 10.6 Å². The normalized spacial score (nSPS) is 20.4. The van der Waals surface area contributed by atoms with Crippen LogP contribution in [0.15, 0.2) is 24.3 Å². The number of hydrogen-bond acceptors (Lipinski definition) is 4. The summed E-state index contributed by atoms with van der Waals surface area (Å²) in [6.45, 7) is 1.96. The van der Waals surface area contributed by atoms with E-state index in [1.54, 1.807) is 0 Å². The van der Waals surface area contributed by atoms with Crippen molar-refractivity contribution in [1.82, 2.24) is 0 Å². The van der Waals surface area contributed by atoms with Crippen LogP contribution < -0.4 is 10.6 Å². The van der Waals surface area contributed by atoms with Gasteiger partial charge in [-0.15, -0.1) is 11.3 Å². The minimum atomic E-state index is -0.916. The maximum atomic E-state index is 13.1. The number of anilines is 2. The standard InChI is InChI=1S/C23H26N2O4S/c1-13-6-4-7-14(12-13)24-21(27)19-17-10-5-11-18(17)30-22(19)25-20(26)15-8-2-3-9-16(15)23(28)29/h4,6-7,12,15-16H,2-3,5,8-11H2,1H3,(H,24,27)(H,25,26)(H,28,29)/t15-,16-/m1/s1. The van der Waals surface area contributed by atoms with Crippen molar-refractivity contribution in [2.75, 3.05) is 10.6 Å². The van der Waals surface area contributed by atoms with Gasteiger partial charge in [0.05, 0.1) is 17.4 Å². The van der Waals surface area contributed by atoms with Gasteiger partial charge in [0.15, 0.2) is 0 Å². The van der Waals surface area contributed by atoms with Crippen molar-refractivity contribution in [2.24, 2.45) is 11.8 Å². The van der Waals surface area contributed by atoms with Crippen molar-refractivity contribution in [2.45, 2.75) is 51.9 Å². The Kier molecular flexibility index (Phi) is 5.90. The highest BCUT2D eigenvalue weighted by atomic mass is 32.1. The Balaban J connectivity index is 1.59. The van der Waals surface area contributed by atoms with E-state index in [1.165, 1.54) is 11.3 Å². The smallest absolute Gasteiger partial charge is 0.307 e. The minimum absolute atomic E-state index is 0.228. The Morgan fingerprint density at radius 1 is 1.03 bits per heavy atom. The van der Waals surface area contributed by atoms with E-state index in [0.29, 0.717) is 29.1 Å². The lowest BCUT2D eigenvalue weighted by Gasteiger charge is -2.27. The van der Waals surface area contributed by atoms with E-state index in [-0.39, 0.29) is 11.8 Å². The van der Waals surface area contributed by atoms with Crippen molar-refractivity contribution >= 4 is 39.8 Å². The van der Waals surface area contributed by atoms with E-state index in [2.05, 4.69) is 10.6 Å². The second-order valence-electron chi connectivity index (χ2n) is 8.21. The van der Waals surface area contributed by atoms with Crippen molar-refractivity contribution in [1.29, 1.82) is 0 Å². The van der Waals surface area contributed by atoms with Gasteiger partial charge in [-0.2, -0.15) is 0 Å². The van der Waals surface area contributed by atoms with Gasteiger partial charge in [-0.25, -0.2) is 0 Å². The van der Waals surface area contributed by atoms with Crippen LogP contribution in [0.1, 0.15) is 58.5 Å². The Morgan fingerprint density at radius 2 is 1.80 bits per heavy atom. The van der Waals surface area contributed by atoms with Crippen molar-refractivity contribution in [3.05, 3.63) is 45.8 Å². The largest absolute Gasteiger partial charge is 0.481 e. The van der Waals surface area contributed by atoms with E-state index in [4.69, 9.17) is 0 Å². The molecule has 1 saturated carbocycles. The molecule has 1 aromatic carbocycles. The topological polar surface area (TPSA) is 95.5 Å². The number of aryl methyl sites for hydroxylation is 2. The molecule has 2 aromatic rings. The fourth-order valence-corrected chi connectivity index (χ4v) is 5.88. The number of benzene rings is 1. The SMILES string of the molecule is Cc1cccc(NC(=O)c2c(NC(=O)[C@@H]3CCCC[C@H]3C(=O)O)sc3c2CCC3)c1. The van der Waals surface area contributed by atoms with Crippen LogP contribution in [0, 0.1) is 18.8 Å². The first-order valence-electron chi connectivity index (χ1n) is 10.5. The number of nitrogens with one attached hydrogen (secondary N) is 2. The molecule has 7 heteroatoms. The molecule has 0 bridgehead atoms. The molecular weight excluding hydrogens is 400 g/mol. The predicted octanol–water partition coefficient (Wildman–Crippen LogP) is 4.63. The molecule has 0 spiro atoms. The summed E-state index contributed by atoms with van der Waals surface area (Å²) >= 11 is 1.45. The average molecular weight is 427 g/mol. The van der Waals surface area contributed by atoms with Crippen LogP contribution in [-0.4, -0.2) is 22.9 Å². The highest BCUT2D eigenvalue weighted by molar-refractivity contribution is 7.17. The number of rotatable bonds is 5. The van der Waals surface area contributed by atoms with Gasteiger partial charge in [0.1, 0.15) is 5.00 Å². The quantitative estimate of drug-likeness (QED) is 0.650. The Labute approximate surface area is 179 Å². The van der Waals surface area contributed by atoms with E-state index in [0.717, 1.165) is 48.1 Å². The monoisotopic (exact) mass is 426 g/mol. The van der Waals surface area contributed by atoms with Gasteiger partial charge in [-0.1, -0.05) is 25.0 Å². The number of aliphatic carboxylic acids is 1. The van der Waals surface area contributed by atoms with E-state index < -0.39 is 17.8 Å². The molecule has 0 aliphatic heterocycles. The third-order valence-electron chi connectivity index (χ3n) is 6.08. The molecule has 0 saturated heterocycles. The third-order valence-corrected chi connectivity index (χ3v) is 7.29. The zero-order chi connectivity index (χ0) is 21.3. The van der Waals surface area contributed by atoms with Crippen molar-refractivity contribution in [3.63, 3.8) is 0 Å². The van der Waals surface area contributed by atoms with Gasteiger partial charge in [0.25, 0.3) is 5.91 Å². The van der Waals surface area contributed by atoms with Gasteiger partial charge in [0.2, 0.25) is 5.91 Å². The Hall–Kier alpha value is -2.67. The van der Waals surface area contributed by atoms with Crippen LogP contribution in [0.3, 0.4) is 0 Å². The summed E-state index contributed by atoms with van der Waals surface area (Å²) in [6.07, 6.45) is 5.50. The van der Waals surface area contributed by atoms with Crippen LogP contribution in [-0.2, 0) is 22.4 Å². The maximum absolute atomic E-state index is 13.1. The van der Waals surface area contributed by atoms with E-state index in [1.807, 2.05) is 31.2 Å². The van der Waals surface area contributed by atoms with Crippen LogP contribution in [0.25, 0.3) is 0 Å². The number of carbonyl (C=O) groups excluding carboxylic acids is 2. The fourth-order valence-electron chi connectivity index (χ4n) is 4.59. The summed E-state index contributed by atoms with van der Waals surface area (Å²) < 4.78 is 0. The molecule has 0 unspecified atom stereocenters. The van der Waals surface area contributed by atoms with Gasteiger partial charge in [-0.3, -0.25) is 14.4 Å². The second-order valence-corrected chi connectivity index (χ2v) is 9.32. The van der Waals surface area contributed by atoms with Crippen molar-refractivity contribution < 1.29 is 19.5 Å². The molecule has 2 atom stereocenters. The number of amides is 2. The molecular formula is C23H26N2O4S. The van der Waals surface area contributed by atoms with Crippen LogP contribution in [0.4, 0.5) is 10.7 Å². The molecule has 3 N–H and O–H groups in total. The molecule has 0 radical (unpaired) electrons. The number of fused-ring (bicyclic) bond motifs is 1.